The molecule has 0 aliphatic carbocycles. The number of esters is 1. The van der Waals surface area contributed by atoms with Crippen LogP contribution in [0.1, 0.15) is 34.6 Å². The zero-order valence-corrected chi connectivity index (χ0v) is 22.3. The molecular formula is C27H20Cl3N3O5. The normalized spacial score (nSPS) is 13.3. The molecule has 0 atom stereocenters. The van der Waals surface area contributed by atoms with Gasteiger partial charge >= 0.3 is 5.97 Å². The Balaban J connectivity index is 1.43. The van der Waals surface area contributed by atoms with Crippen molar-refractivity contribution in [2.45, 2.75) is 20.0 Å². The maximum Gasteiger partial charge on any atom is 0.338 e. The van der Waals surface area contributed by atoms with E-state index in [1.807, 2.05) is 0 Å². The van der Waals surface area contributed by atoms with Gasteiger partial charge in [-0.2, -0.15) is 0 Å². The van der Waals surface area contributed by atoms with Gasteiger partial charge in [-0.15, -0.1) is 0 Å². The first-order valence-electron chi connectivity index (χ1n) is 11.3. The summed E-state index contributed by atoms with van der Waals surface area (Å²) in [5.41, 5.74) is 1.59. The SMILES string of the molecule is CC(C)OC(=O)c1ccc(NC(=O)c2ccc(NC3=C(Cl)C(=O)N(c4cccc(Cl)c4Cl)C3=O)cc2)cc1. The second kappa shape index (κ2) is 11.3. The quantitative estimate of drug-likeness (QED) is 0.256. The van der Waals surface area contributed by atoms with E-state index >= 15 is 0 Å². The highest BCUT2D eigenvalue weighted by Gasteiger charge is 2.40. The molecule has 0 saturated heterocycles. The van der Waals surface area contributed by atoms with Crippen LogP contribution in [-0.2, 0) is 14.3 Å². The summed E-state index contributed by atoms with van der Waals surface area (Å²) >= 11 is 18.4. The molecule has 0 unspecified atom stereocenters. The fourth-order valence-corrected chi connectivity index (χ4v) is 4.11. The molecule has 2 N–H and O–H groups in total. The van der Waals surface area contributed by atoms with Gasteiger partial charge in [0.05, 0.1) is 27.4 Å². The summed E-state index contributed by atoms with van der Waals surface area (Å²) < 4.78 is 5.15. The van der Waals surface area contributed by atoms with E-state index in [1.54, 1.807) is 56.3 Å². The highest BCUT2D eigenvalue weighted by atomic mass is 35.5. The lowest BCUT2D eigenvalue weighted by Gasteiger charge is -2.17. The Morgan fingerprint density at radius 3 is 2.05 bits per heavy atom. The molecule has 1 heterocycles. The van der Waals surface area contributed by atoms with Crippen LogP contribution in [0, 0.1) is 0 Å². The van der Waals surface area contributed by atoms with Crippen molar-refractivity contribution in [1.82, 2.24) is 0 Å². The van der Waals surface area contributed by atoms with Crippen molar-refractivity contribution in [3.05, 3.63) is 98.6 Å². The third kappa shape index (κ3) is 5.67. The molecule has 1 aliphatic rings. The Morgan fingerprint density at radius 1 is 0.816 bits per heavy atom. The predicted molar refractivity (Wildman–Crippen MR) is 147 cm³/mol. The Morgan fingerprint density at radius 2 is 1.42 bits per heavy atom. The second-order valence-corrected chi connectivity index (χ2v) is 9.56. The number of hydrogen-bond acceptors (Lipinski definition) is 6. The van der Waals surface area contributed by atoms with Crippen molar-refractivity contribution in [1.29, 1.82) is 0 Å². The summed E-state index contributed by atoms with van der Waals surface area (Å²) in [4.78, 5) is 51.2. The number of benzene rings is 3. The second-order valence-electron chi connectivity index (χ2n) is 8.40. The van der Waals surface area contributed by atoms with Crippen molar-refractivity contribution >= 4 is 75.6 Å². The molecule has 3 aromatic rings. The molecule has 1 aliphatic heterocycles. The van der Waals surface area contributed by atoms with Crippen LogP contribution in [0.2, 0.25) is 10.0 Å². The average molecular weight is 573 g/mol. The molecule has 0 fully saturated rings. The minimum absolute atomic E-state index is 0.0436. The number of hydrogen-bond donors (Lipinski definition) is 2. The van der Waals surface area contributed by atoms with Crippen LogP contribution in [0.3, 0.4) is 0 Å². The molecular weight excluding hydrogens is 553 g/mol. The average Bonchev–Trinajstić information content (AvgIpc) is 3.09. The fourth-order valence-electron chi connectivity index (χ4n) is 3.52. The molecule has 38 heavy (non-hydrogen) atoms. The third-order valence-electron chi connectivity index (χ3n) is 5.34. The van der Waals surface area contributed by atoms with Crippen LogP contribution >= 0.6 is 34.8 Å². The lowest BCUT2D eigenvalue weighted by Crippen LogP contribution is -2.32. The fraction of sp³-hybridized carbons (Fsp3) is 0.111. The van der Waals surface area contributed by atoms with E-state index in [-0.39, 0.29) is 38.5 Å². The monoisotopic (exact) mass is 571 g/mol. The highest BCUT2D eigenvalue weighted by Crippen LogP contribution is 2.37. The van der Waals surface area contributed by atoms with Crippen molar-refractivity contribution < 1.29 is 23.9 Å². The lowest BCUT2D eigenvalue weighted by atomic mass is 10.1. The minimum Gasteiger partial charge on any atom is -0.459 e. The van der Waals surface area contributed by atoms with Crippen molar-refractivity contribution in [3.63, 3.8) is 0 Å². The number of amides is 3. The van der Waals surface area contributed by atoms with Gasteiger partial charge in [-0.3, -0.25) is 14.4 Å². The van der Waals surface area contributed by atoms with Gasteiger partial charge in [0, 0.05) is 16.9 Å². The van der Waals surface area contributed by atoms with Crippen molar-refractivity contribution in [3.8, 4) is 0 Å². The summed E-state index contributed by atoms with van der Waals surface area (Å²) in [5, 5.41) is 5.49. The van der Waals surface area contributed by atoms with Crippen LogP contribution in [0.5, 0.6) is 0 Å². The molecule has 194 valence electrons. The number of carbonyl (C=O) groups is 4. The summed E-state index contributed by atoms with van der Waals surface area (Å²) in [5.74, 6) is -2.29. The summed E-state index contributed by atoms with van der Waals surface area (Å²) in [7, 11) is 0. The molecule has 8 nitrogen and oxygen atoms in total. The molecule has 0 spiro atoms. The molecule has 0 bridgehead atoms. The van der Waals surface area contributed by atoms with E-state index in [4.69, 9.17) is 39.5 Å². The first-order chi connectivity index (χ1) is 18.1. The Hall–Kier alpha value is -3.85. The Kier molecular flexibility index (Phi) is 8.06. The summed E-state index contributed by atoms with van der Waals surface area (Å²) in [6, 6.07) is 17.1. The summed E-state index contributed by atoms with van der Waals surface area (Å²) in [6.45, 7) is 3.52. The molecule has 4 rings (SSSR count). The Labute approximate surface area is 233 Å². The topological polar surface area (TPSA) is 105 Å². The minimum atomic E-state index is -0.747. The number of ether oxygens (including phenoxy) is 1. The van der Waals surface area contributed by atoms with Crippen LogP contribution in [-0.4, -0.2) is 29.8 Å². The van der Waals surface area contributed by atoms with Crippen LogP contribution in [0.15, 0.2) is 77.5 Å². The van der Waals surface area contributed by atoms with E-state index in [2.05, 4.69) is 10.6 Å². The molecule has 3 amide bonds. The van der Waals surface area contributed by atoms with Gasteiger partial charge in [0.2, 0.25) is 0 Å². The zero-order chi connectivity index (χ0) is 27.6. The van der Waals surface area contributed by atoms with Gasteiger partial charge in [-0.05, 0) is 74.5 Å². The van der Waals surface area contributed by atoms with Gasteiger partial charge in [-0.25, -0.2) is 9.69 Å². The lowest BCUT2D eigenvalue weighted by molar-refractivity contribution is -0.120. The maximum absolute atomic E-state index is 13.0. The van der Waals surface area contributed by atoms with Crippen molar-refractivity contribution in [2.75, 3.05) is 15.5 Å². The van der Waals surface area contributed by atoms with Crippen LogP contribution in [0.25, 0.3) is 0 Å². The molecule has 11 heteroatoms. The van der Waals surface area contributed by atoms with E-state index in [1.165, 1.54) is 24.3 Å². The number of anilines is 3. The van der Waals surface area contributed by atoms with E-state index in [0.29, 0.717) is 22.5 Å². The first kappa shape index (κ1) is 27.2. The molecule has 0 saturated carbocycles. The van der Waals surface area contributed by atoms with E-state index in [9.17, 15) is 19.2 Å². The molecule has 0 radical (unpaired) electrons. The smallest absolute Gasteiger partial charge is 0.338 e. The largest absolute Gasteiger partial charge is 0.459 e. The van der Waals surface area contributed by atoms with Gasteiger partial charge < -0.3 is 15.4 Å². The van der Waals surface area contributed by atoms with E-state index < -0.39 is 17.8 Å². The zero-order valence-electron chi connectivity index (χ0n) is 20.1. The predicted octanol–water partition coefficient (Wildman–Crippen LogP) is 6.25. The maximum atomic E-state index is 13.0. The number of nitrogens with one attached hydrogen (secondary N) is 2. The van der Waals surface area contributed by atoms with Crippen LogP contribution < -0.4 is 15.5 Å². The van der Waals surface area contributed by atoms with Gasteiger partial charge in [0.1, 0.15) is 10.7 Å². The number of nitrogens with zero attached hydrogens (tertiary/aromatic N) is 1. The number of carbonyl (C=O) groups excluding carboxylic acids is 4. The van der Waals surface area contributed by atoms with Crippen molar-refractivity contribution in [2.24, 2.45) is 0 Å². The standard InChI is InChI=1S/C27H20Cl3N3O5/c1-14(2)38-27(37)16-8-12-18(13-9-16)32-24(34)15-6-10-17(11-7-15)31-23-22(30)25(35)33(26(23)36)20-5-3-4-19(28)21(20)29/h3-14,31H,1-2H3,(H,32,34). The Bertz CT molecular complexity index is 1470. The first-order valence-corrected chi connectivity index (χ1v) is 12.4. The van der Waals surface area contributed by atoms with Gasteiger partial charge in [0.15, 0.2) is 0 Å². The highest BCUT2D eigenvalue weighted by molar-refractivity contribution is 6.54. The number of rotatable bonds is 7. The number of halogens is 3. The van der Waals surface area contributed by atoms with E-state index in [0.717, 1.165) is 4.90 Å². The third-order valence-corrected chi connectivity index (χ3v) is 6.50. The summed E-state index contributed by atoms with van der Waals surface area (Å²) in [6.07, 6.45) is -0.237. The molecule has 3 aromatic carbocycles. The molecule has 0 aromatic heterocycles. The van der Waals surface area contributed by atoms with Gasteiger partial charge in [-0.1, -0.05) is 40.9 Å². The van der Waals surface area contributed by atoms with Crippen LogP contribution in [0.4, 0.5) is 17.1 Å². The van der Waals surface area contributed by atoms with Gasteiger partial charge in [0.25, 0.3) is 17.7 Å². The number of imide groups is 1.